The van der Waals surface area contributed by atoms with Crippen molar-refractivity contribution in [2.45, 2.75) is 37.5 Å². The maximum absolute atomic E-state index is 12.7. The number of likely N-dealkylation sites (tertiary alicyclic amines) is 1. The summed E-state index contributed by atoms with van der Waals surface area (Å²) in [6, 6.07) is 7.64. The molecule has 1 N–H and O–H groups in total. The van der Waals surface area contributed by atoms with Crippen LogP contribution in [0.3, 0.4) is 0 Å². The average molecular weight is 321 g/mol. The summed E-state index contributed by atoms with van der Waals surface area (Å²) < 4.78 is 0. The fraction of sp³-hybridized carbons (Fsp3) is 0.529. The highest BCUT2D eigenvalue weighted by molar-refractivity contribution is 7.99. The Labute approximate surface area is 135 Å². The van der Waals surface area contributed by atoms with Gasteiger partial charge in [-0.25, -0.2) is 0 Å². The van der Waals surface area contributed by atoms with Crippen molar-refractivity contribution in [2.75, 3.05) is 18.8 Å². The van der Waals surface area contributed by atoms with Crippen molar-refractivity contribution in [3.63, 3.8) is 0 Å². The molecule has 1 aliphatic rings. The monoisotopic (exact) mass is 321 g/mol. The smallest absolute Gasteiger partial charge is 0.308 e. The quantitative estimate of drug-likeness (QED) is 0.643. The van der Waals surface area contributed by atoms with Gasteiger partial charge in [-0.05, 0) is 37.1 Å². The lowest BCUT2D eigenvalue weighted by Crippen LogP contribution is -2.42. The molecule has 5 heteroatoms. The van der Waals surface area contributed by atoms with E-state index in [1.165, 1.54) is 0 Å². The standard InChI is InChI=1S/C17H23NO3S/c1-2-3-11-22-15-9-5-4-8-14(15)16(19)18-10-6-7-13(12-18)17(20)21/h4-5,8-9,13H,2-3,6-7,10-12H2,1H3,(H,20,21)/t13-/m0/s1. The number of benzene rings is 1. The van der Waals surface area contributed by atoms with Gasteiger partial charge in [-0.15, -0.1) is 11.8 Å². The molecule has 0 saturated carbocycles. The molecule has 120 valence electrons. The molecule has 2 rings (SSSR count). The number of hydrogen-bond acceptors (Lipinski definition) is 3. The molecule has 1 aliphatic heterocycles. The molecule has 1 atom stereocenters. The van der Waals surface area contributed by atoms with E-state index < -0.39 is 11.9 Å². The molecule has 22 heavy (non-hydrogen) atoms. The van der Waals surface area contributed by atoms with Crippen LogP contribution >= 0.6 is 11.8 Å². The number of thioether (sulfide) groups is 1. The number of piperidine rings is 1. The van der Waals surface area contributed by atoms with Crippen LogP contribution in [0.5, 0.6) is 0 Å². The highest BCUT2D eigenvalue weighted by atomic mass is 32.2. The van der Waals surface area contributed by atoms with Crippen LogP contribution < -0.4 is 0 Å². The highest BCUT2D eigenvalue weighted by Gasteiger charge is 2.29. The van der Waals surface area contributed by atoms with Crippen molar-refractivity contribution in [3.8, 4) is 0 Å². The van der Waals surface area contributed by atoms with Crippen molar-refractivity contribution in [1.82, 2.24) is 4.90 Å². The molecule has 4 nitrogen and oxygen atoms in total. The van der Waals surface area contributed by atoms with Gasteiger partial charge < -0.3 is 10.0 Å². The Morgan fingerprint density at radius 3 is 2.86 bits per heavy atom. The van der Waals surface area contributed by atoms with Crippen molar-refractivity contribution in [3.05, 3.63) is 29.8 Å². The topological polar surface area (TPSA) is 57.6 Å². The van der Waals surface area contributed by atoms with Crippen LogP contribution in [0.4, 0.5) is 0 Å². The fourth-order valence-corrected chi connectivity index (χ4v) is 3.77. The summed E-state index contributed by atoms with van der Waals surface area (Å²) in [5.74, 6) is -0.273. The van der Waals surface area contributed by atoms with Gasteiger partial charge in [0.25, 0.3) is 5.91 Å². The summed E-state index contributed by atoms with van der Waals surface area (Å²) >= 11 is 1.71. The molecule has 1 fully saturated rings. The predicted molar refractivity (Wildman–Crippen MR) is 88.3 cm³/mol. The van der Waals surface area contributed by atoms with E-state index in [-0.39, 0.29) is 5.91 Å². The second-order valence-corrected chi connectivity index (χ2v) is 6.76. The molecule has 0 radical (unpaired) electrons. The molecule has 1 aromatic carbocycles. The first-order valence-corrected chi connectivity index (χ1v) is 8.86. The fourth-order valence-electron chi connectivity index (χ4n) is 2.63. The van der Waals surface area contributed by atoms with Crippen LogP contribution in [0.2, 0.25) is 0 Å². The van der Waals surface area contributed by atoms with E-state index in [1.54, 1.807) is 16.7 Å². The Hall–Kier alpha value is -1.49. The van der Waals surface area contributed by atoms with Crippen LogP contribution in [0.15, 0.2) is 29.2 Å². The van der Waals surface area contributed by atoms with Crippen LogP contribution in [0.25, 0.3) is 0 Å². The third-order valence-electron chi connectivity index (χ3n) is 3.93. The number of unbranched alkanes of at least 4 members (excludes halogenated alkanes) is 1. The van der Waals surface area contributed by atoms with E-state index in [0.29, 0.717) is 25.1 Å². The SMILES string of the molecule is CCCCSc1ccccc1C(=O)N1CCC[C@H](C(=O)O)C1. The molecular formula is C17H23NO3S. The second kappa shape index (κ2) is 8.22. The number of nitrogens with zero attached hydrogens (tertiary/aromatic N) is 1. The lowest BCUT2D eigenvalue weighted by Gasteiger charge is -2.31. The first kappa shape index (κ1) is 16.9. The number of carboxylic acids is 1. The molecule has 1 amide bonds. The van der Waals surface area contributed by atoms with Gasteiger partial charge in [0.1, 0.15) is 0 Å². The Balaban J connectivity index is 2.10. The zero-order valence-electron chi connectivity index (χ0n) is 13.0. The maximum Gasteiger partial charge on any atom is 0.308 e. The molecular weight excluding hydrogens is 298 g/mol. The number of aliphatic carboxylic acids is 1. The Bertz CT molecular complexity index is 532. The van der Waals surface area contributed by atoms with Crippen LogP contribution in [0, 0.1) is 5.92 Å². The molecule has 0 unspecified atom stereocenters. The summed E-state index contributed by atoms with van der Waals surface area (Å²) in [4.78, 5) is 26.6. The second-order valence-electron chi connectivity index (χ2n) is 5.63. The van der Waals surface area contributed by atoms with Crippen molar-refractivity contribution < 1.29 is 14.7 Å². The van der Waals surface area contributed by atoms with E-state index in [4.69, 9.17) is 5.11 Å². The molecule has 0 bridgehead atoms. The van der Waals surface area contributed by atoms with E-state index in [1.807, 2.05) is 24.3 Å². The van der Waals surface area contributed by atoms with E-state index in [2.05, 4.69) is 6.92 Å². The first-order chi connectivity index (χ1) is 10.6. The zero-order valence-corrected chi connectivity index (χ0v) is 13.8. The number of rotatable bonds is 6. The normalized spacial score (nSPS) is 18.2. The highest BCUT2D eigenvalue weighted by Crippen LogP contribution is 2.26. The van der Waals surface area contributed by atoms with Gasteiger partial charge >= 0.3 is 5.97 Å². The largest absolute Gasteiger partial charge is 0.481 e. The van der Waals surface area contributed by atoms with Gasteiger partial charge in [0.2, 0.25) is 0 Å². The third-order valence-corrected chi connectivity index (χ3v) is 5.09. The van der Waals surface area contributed by atoms with Crippen LogP contribution in [-0.4, -0.2) is 40.7 Å². The van der Waals surface area contributed by atoms with Gasteiger partial charge in [0, 0.05) is 18.0 Å². The van der Waals surface area contributed by atoms with Gasteiger partial charge in [-0.3, -0.25) is 9.59 Å². The van der Waals surface area contributed by atoms with E-state index in [0.717, 1.165) is 29.9 Å². The molecule has 1 heterocycles. The van der Waals surface area contributed by atoms with Crippen molar-refractivity contribution >= 4 is 23.6 Å². The lowest BCUT2D eigenvalue weighted by molar-refractivity contribution is -0.143. The average Bonchev–Trinajstić information content (AvgIpc) is 2.55. The Kier molecular flexibility index (Phi) is 6.31. The van der Waals surface area contributed by atoms with Gasteiger partial charge in [0.05, 0.1) is 11.5 Å². The van der Waals surface area contributed by atoms with Gasteiger partial charge in [0.15, 0.2) is 0 Å². The Morgan fingerprint density at radius 1 is 1.36 bits per heavy atom. The first-order valence-electron chi connectivity index (χ1n) is 7.87. The lowest BCUT2D eigenvalue weighted by atomic mass is 9.97. The number of carbonyl (C=O) groups is 2. The summed E-state index contributed by atoms with van der Waals surface area (Å²) in [7, 11) is 0. The van der Waals surface area contributed by atoms with Gasteiger partial charge in [-0.2, -0.15) is 0 Å². The predicted octanol–water partition coefficient (Wildman–Crippen LogP) is 3.52. The maximum atomic E-state index is 12.7. The van der Waals surface area contributed by atoms with E-state index in [9.17, 15) is 9.59 Å². The molecule has 0 spiro atoms. The number of carboxylic acid groups (broad SMARTS) is 1. The zero-order chi connectivity index (χ0) is 15.9. The summed E-state index contributed by atoms with van der Waals surface area (Å²) in [6.45, 7) is 3.12. The Morgan fingerprint density at radius 2 is 2.14 bits per heavy atom. The minimum atomic E-state index is -0.803. The van der Waals surface area contributed by atoms with Crippen molar-refractivity contribution in [2.24, 2.45) is 5.92 Å². The molecule has 1 saturated heterocycles. The summed E-state index contributed by atoms with van der Waals surface area (Å²) in [5.41, 5.74) is 0.703. The van der Waals surface area contributed by atoms with Crippen molar-refractivity contribution in [1.29, 1.82) is 0 Å². The molecule has 1 aromatic rings. The molecule has 0 aliphatic carbocycles. The minimum absolute atomic E-state index is 0.0365. The van der Waals surface area contributed by atoms with Crippen LogP contribution in [0.1, 0.15) is 43.0 Å². The molecule has 0 aromatic heterocycles. The number of amides is 1. The van der Waals surface area contributed by atoms with Crippen LogP contribution in [-0.2, 0) is 4.79 Å². The van der Waals surface area contributed by atoms with E-state index >= 15 is 0 Å². The van der Waals surface area contributed by atoms with Gasteiger partial charge in [-0.1, -0.05) is 25.5 Å². The number of hydrogen-bond donors (Lipinski definition) is 1. The summed E-state index contributed by atoms with van der Waals surface area (Å²) in [6.07, 6.45) is 3.67. The number of carbonyl (C=O) groups excluding carboxylic acids is 1. The minimum Gasteiger partial charge on any atom is -0.481 e. The summed E-state index contributed by atoms with van der Waals surface area (Å²) in [5, 5.41) is 9.16. The third kappa shape index (κ3) is 4.26.